The Morgan fingerprint density at radius 2 is 0.733 bits per heavy atom. The molecule has 2 aromatic rings. The first kappa shape index (κ1) is 61.6. The van der Waals surface area contributed by atoms with Crippen LogP contribution in [-0.4, -0.2) is 11.1 Å². The Kier molecular flexibility index (Phi) is 41.1. The third-order valence-electron chi connectivity index (χ3n) is 12.1. The number of nitrogens with one attached hydrogen (secondary N) is 2. The van der Waals surface area contributed by atoms with Crippen molar-refractivity contribution in [3.63, 3.8) is 0 Å². The predicted octanol–water partition coefficient (Wildman–Crippen LogP) is 19.7. The second-order valence-electron chi connectivity index (χ2n) is 19.1. The summed E-state index contributed by atoms with van der Waals surface area (Å²) in [6.07, 6.45) is 42.6. The van der Waals surface area contributed by atoms with E-state index in [1.807, 2.05) is 30.3 Å². The zero-order valence-electron chi connectivity index (χ0n) is 40.3. The molecule has 0 aliphatic carbocycles. The van der Waals surface area contributed by atoms with Crippen LogP contribution in [0.15, 0.2) is 60.7 Å². The van der Waals surface area contributed by atoms with Gasteiger partial charge in [-0.3, -0.25) is 5.32 Å². The quantitative estimate of drug-likeness (QED) is 0.0401. The van der Waals surface area contributed by atoms with E-state index in [0.29, 0.717) is 6.04 Å². The summed E-state index contributed by atoms with van der Waals surface area (Å²) in [5, 5.41) is 7.47. The van der Waals surface area contributed by atoms with E-state index in [-0.39, 0.29) is 35.9 Å². The van der Waals surface area contributed by atoms with Crippen LogP contribution in [0.25, 0.3) is 0 Å². The molecule has 60 heavy (non-hydrogen) atoms. The van der Waals surface area contributed by atoms with Crippen LogP contribution in [0.2, 0.25) is 0 Å². The molecular formula is C54H98Cl4N2. The number of hydrogen-bond acceptors (Lipinski definition) is 2. The Balaban J connectivity index is 0. The van der Waals surface area contributed by atoms with Gasteiger partial charge in [-0.25, -0.2) is 0 Å². The molecule has 0 saturated carbocycles. The highest BCUT2D eigenvalue weighted by Gasteiger charge is 2.33. The van der Waals surface area contributed by atoms with Crippen LogP contribution in [0.5, 0.6) is 0 Å². The lowest BCUT2D eigenvalue weighted by molar-refractivity contribution is 0.293. The van der Waals surface area contributed by atoms with Crippen molar-refractivity contribution in [1.82, 2.24) is 10.6 Å². The standard InChI is InChI=1S/C33H61N.C21H35Cl2N.2ClH/c1-5-7-9-11-13-15-16-18-20-25-29-32(31-27-23-22-24-28-31)34-33(3,4)30-26-21-19-17-14-12-10-8-6-2;1-4-5-6-7-8-9-10-11-15-18-20(2,3)24-21(22,23)19-16-13-12-14-17-19;;/h22-24,27-28,32,34H,5-21,25-26,29-30H2,1-4H3;12-14,16-17,24H,4-11,15,18H2,1-3H3;2*1H. The summed E-state index contributed by atoms with van der Waals surface area (Å²) in [5.74, 6) is 0. The fourth-order valence-corrected chi connectivity index (χ4v) is 9.11. The van der Waals surface area contributed by atoms with E-state index in [1.54, 1.807) is 0 Å². The summed E-state index contributed by atoms with van der Waals surface area (Å²) in [7, 11) is 0. The van der Waals surface area contributed by atoms with Crippen molar-refractivity contribution in [1.29, 1.82) is 0 Å². The van der Waals surface area contributed by atoms with Crippen molar-refractivity contribution < 1.29 is 0 Å². The number of benzene rings is 2. The van der Waals surface area contributed by atoms with Crippen LogP contribution >= 0.6 is 48.0 Å². The zero-order chi connectivity index (χ0) is 42.6. The highest BCUT2D eigenvalue weighted by atomic mass is 35.5. The molecule has 2 aromatic carbocycles. The van der Waals surface area contributed by atoms with Crippen LogP contribution in [0.3, 0.4) is 0 Å². The Hall–Kier alpha value is -0.480. The molecule has 0 spiro atoms. The van der Waals surface area contributed by atoms with Crippen LogP contribution in [-0.2, 0) is 4.46 Å². The molecule has 0 aromatic heterocycles. The minimum Gasteiger partial charge on any atom is -0.305 e. The maximum Gasteiger partial charge on any atom is 0.195 e. The third-order valence-corrected chi connectivity index (χ3v) is 12.7. The van der Waals surface area contributed by atoms with E-state index >= 15 is 0 Å². The molecule has 0 heterocycles. The highest BCUT2D eigenvalue weighted by Crippen LogP contribution is 2.34. The van der Waals surface area contributed by atoms with Crippen LogP contribution in [0, 0.1) is 0 Å². The van der Waals surface area contributed by atoms with E-state index in [1.165, 1.54) is 198 Å². The summed E-state index contributed by atoms with van der Waals surface area (Å²) in [4.78, 5) is 0. The minimum absolute atomic E-state index is 0. The minimum atomic E-state index is -1.04. The van der Waals surface area contributed by atoms with Crippen molar-refractivity contribution in [3.8, 4) is 0 Å². The van der Waals surface area contributed by atoms with Gasteiger partial charge in [0.05, 0.1) is 0 Å². The normalized spacial score (nSPS) is 12.3. The molecule has 2 rings (SSSR count). The monoisotopic (exact) mass is 915 g/mol. The summed E-state index contributed by atoms with van der Waals surface area (Å²) < 4.78 is -1.04. The molecule has 352 valence electrons. The van der Waals surface area contributed by atoms with Gasteiger partial charge in [0, 0.05) is 22.7 Å². The summed E-state index contributed by atoms with van der Waals surface area (Å²) in [6, 6.07) is 21.5. The first-order chi connectivity index (χ1) is 28.0. The van der Waals surface area contributed by atoms with E-state index in [2.05, 4.69) is 89.4 Å². The smallest absolute Gasteiger partial charge is 0.195 e. The van der Waals surface area contributed by atoms with Crippen molar-refractivity contribution in [2.45, 2.75) is 269 Å². The first-order valence-corrected chi connectivity index (χ1v) is 25.8. The summed E-state index contributed by atoms with van der Waals surface area (Å²) >= 11 is 13.0. The average molecular weight is 917 g/mol. The van der Waals surface area contributed by atoms with Gasteiger partial charge in [0.15, 0.2) is 4.46 Å². The van der Waals surface area contributed by atoms with Crippen LogP contribution in [0.4, 0.5) is 0 Å². The molecule has 6 heteroatoms. The van der Waals surface area contributed by atoms with Gasteiger partial charge in [0.1, 0.15) is 0 Å². The van der Waals surface area contributed by atoms with Crippen LogP contribution in [0.1, 0.15) is 265 Å². The molecule has 0 aliphatic rings. The van der Waals surface area contributed by atoms with Crippen molar-refractivity contribution in [2.24, 2.45) is 0 Å². The van der Waals surface area contributed by atoms with Gasteiger partial charge in [0.25, 0.3) is 0 Å². The van der Waals surface area contributed by atoms with E-state index in [9.17, 15) is 0 Å². The van der Waals surface area contributed by atoms with Gasteiger partial charge in [-0.15, -0.1) is 24.8 Å². The Bertz CT molecular complexity index is 1160. The van der Waals surface area contributed by atoms with Gasteiger partial charge < -0.3 is 5.32 Å². The topological polar surface area (TPSA) is 24.1 Å². The fraction of sp³-hybridized carbons (Fsp3) is 0.778. The molecule has 2 N–H and O–H groups in total. The summed E-state index contributed by atoms with van der Waals surface area (Å²) in [6.45, 7) is 16.1. The fourth-order valence-electron chi connectivity index (χ4n) is 8.35. The number of hydrogen-bond donors (Lipinski definition) is 2. The summed E-state index contributed by atoms with van der Waals surface area (Å²) in [5.41, 5.74) is 2.49. The van der Waals surface area contributed by atoms with E-state index in [0.717, 1.165) is 12.0 Å². The number of alkyl halides is 2. The lowest BCUT2D eigenvalue weighted by Crippen LogP contribution is -2.47. The number of rotatable bonds is 37. The SMILES string of the molecule is CCCCCCCCCCCC(C)(C)NC(Cl)(Cl)c1ccccc1.CCCCCCCCCCCCC(NC(C)(C)CCCCCCCCCCC)c1ccccc1.Cl.Cl. The maximum absolute atomic E-state index is 6.52. The van der Waals surface area contributed by atoms with Gasteiger partial charge in [-0.2, -0.15) is 0 Å². The third kappa shape index (κ3) is 34.9. The van der Waals surface area contributed by atoms with Gasteiger partial charge in [0.2, 0.25) is 0 Å². The molecule has 1 unspecified atom stereocenters. The lowest BCUT2D eigenvalue weighted by Gasteiger charge is -2.34. The van der Waals surface area contributed by atoms with E-state index < -0.39 is 4.46 Å². The first-order valence-electron chi connectivity index (χ1n) is 25.0. The van der Waals surface area contributed by atoms with Crippen molar-refractivity contribution >= 4 is 48.0 Å². The molecule has 0 fully saturated rings. The Labute approximate surface area is 397 Å². The molecule has 0 saturated heterocycles. The zero-order valence-corrected chi connectivity index (χ0v) is 43.5. The molecule has 1 atom stereocenters. The molecule has 2 nitrogen and oxygen atoms in total. The average Bonchev–Trinajstić information content (AvgIpc) is 3.20. The predicted molar refractivity (Wildman–Crippen MR) is 278 cm³/mol. The second-order valence-corrected chi connectivity index (χ2v) is 20.4. The number of halogens is 4. The second kappa shape index (κ2) is 40.1. The number of unbranched alkanes of at least 4 members (excludes halogenated alkanes) is 25. The highest BCUT2D eigenvalue weighted by molar-refractivity contribution is 6.47. The molecule has 0 radical (unpaired) electrons. The van der Waals surface area contributed by atoms with Gasteiger partial charge >= 0.3 is 0 Å². The van der Waals surface area contributed by atoms with Crippen molar-refractivity contribution in [2.75, 3.05) is 0 Å². The molecule has 0 bridgehead atoms. The van der Waals surface area contributed by atoms with E-state index in [4.69, 9.17) is 23.2 Å². The molecular weight excluding hydrogens is 818 g/mol. The Morgan fingerprint density at radius 1 is 0.417 bits per heavy atom. The van der Waals surface area contributed by atoms with Crippen molar-refractivity contribution in [3.05, 3.63) is 71.8 Å². The Morgan fingerprint density at radius 3 is 1.12 bits per heavy atom. The van der Waals surface area contributed by atoms with Gasteiger partial charge in [-0.05, 0) is 52.5 Å². The van der Waals surface area contributed by atoms with Gasteiger partial charge in [-0.1, -0.05) is 284 Å². The molecule has 0 aliphatic heterocycles. The molecule has 0 amide bonds. The largest absolute Gasteiger partial charge is 0.305 e. The van der Waals surface area contributed by atoms with Crippen LogP contribution < -0.4 is 10.6 Å². The maximum atomic E-state index is 6.52. The lowest BCUT2D eigenvalue weighted by atomic mass is 9.91.